The molecule has 0 unspecified atom stereocenters. The molecular formula is C17H25NO. The molecule has 0 fully saturated rings. The van der Waals surface area contributed by atoms with Gasteiger partial charge in [0.2, 0.25) is 0 Å². The predicted octanol–water partition coefficient (Wildman–Crippen LogP) is 4.67. The van der Waals surface area contributed by atoms with Crippen LogP contribution in [0.2, 0.25) is 0 Å². The van der Waals surface area contributed by atoms with Gasteiger partial charge >= 0.3 is 0 Å². The molecule has 0 aliphatic heterocycles. The largest absolute Gasteiger partial charge is 0.459 e. The Kier molecular flexibility index (Phi) is 4.31. The Morgan fingerprint density at radius 1 is 1.16 bits per heavy atom. The van der Waals surface area contributed by atoms with Gasteiger partial charge in [0.1, 0.15) is 11.3 Å². The summed E-state index contributed by atoms with van der Waals surface area (Å²) in [6, 6.07) is 4.44. The van der Waals surface area contributed by atoms with Gasteiger partial charge in [0.25, 0.3) is 0 Å². The number of aryl methyl sites for hydroxylation is 2. The molecule has 1 N–H and O–H groups in total. The smallest absolute Gasteiger partial charge is 0.134 e. The van der Waals surface area contributed by atoms with Crippen molar-refractivity contribution in [3.8, 4) is 0 Å². The molecule has 0 saturated heterocycles. The van der Waals surface area contributed by atoms with Crippen LogP contribution in [-0.2, 0) is 6.54 Å². The molecule has 0 aliphatic rings. The van der Waals surface area contributed by atoms with E-state index in [1.54, 1.807) is 0 Å². The van der Waals surface area contributed by atoms with Gasteiger partial charge in [-0.3, -0.25) is 0 Å². The van der Waals surface area contributed by atoms with Crippen LogP contribution in [0.4, 0.5) is 0 Å². The average molecular weight is 259 g/mol. The molecule has 19 heavy (non-hydrogen) atoms. The minimum atomic E-state index is 0.488. The molecule has 2 aromatic rings. The lowest BCUT2D eigenvalue weighted by molar-refractivity contribution is 0.504. The summed E-state index contributed by atoms with van der Waals surface area (Å²) in [6.07, 6.45) is 1.15. The third-order valence-corrected chi connectivity index (χ3v) is 3.71. The fourth-order valence-corrected chi connectivity index (χ4v) is 2.57. The molecule has 2 nitrogen and oxygen atoms in total. The van der Waals surface area contributed by atoms with E-state index < -0.39 is 0 Å². The number of benzene rings is 1. The van der Waals surface area contributed by atoms with E-state index in [2.05, 4.69) is 52.1 Å². The fourth-order valence-electron chi connectivity index (χ4n) is 2.57. The van der Waals surface area contributed by atoms with Gasteiger partial charge in [0, 0.05) is 10.9 Å². The van der Waals surface area contributed by atoms with Crippen LogP contribution in [0.15, 0.2) is 16.5 Å². The monoisotopic (exact) mass is 259 g/mol. The van der Waals surface area contributed by atoms with Gasteiger partial charge < -0.3 is 9.73 Å². The Morgan fingerprint density at radius 3 is 2.47 bits per heavy atom. The Balaban J connectivity index is 2.47. The maximum atomic E-state index is 6.08. The van der Waals surface area contributed by atoms with Gasteiger partial charge in [-0.1, -0.05) is 20.8 Å². The summed E-state index contributed by atoms with van der Waals surface area (Å²) >= 11 is 0. The number of nitrogens with one attached hydrogen (secondary N) is 1. The van der Waals surface area contributed by atoms with Crippen LogP contribution in [0.5, 0.6) is 0 Å². The first-order valence-corrected chi connectivity index (χ1v) is 7.27. The van der Waals surface area contributed by atoms with Crippen molar-refractivity contribution >= 4 is 11.0 Å². The maximum absolute atomic E-state index is 6.08. The van der Waals surface area contributed by atoms with Crippen molar-refractivity contribution < 1.29 is 4.42 Å². The molecule has 1 aromatic carbocycles. The van der Waals surface area contributed by atoms with Gasteiger partial charge in [-0.25, -0.2) is 0 Å². The zero-order valence-corrected chi connectivity index (χ0v) is 12.8. The molecule has 0 amide bonds. The van der Waals surface area contributed by atoms with E-state index in [-0.39, 0.29) is 0 Å². The molecule has 0 bridgehead atoms. The molecule has 2 rings (SSSR count). The lowest BCUT2D eigenvalue weighted by atomic mass is 9.97. The second-order valence-corrected chi connectivity index (χ2v) is 5.70. The Morgan fingerprint density at radius 2 is 1.84 bits per heavy atom. The predicted molar refractivity (Wildman–Crippen MR) is 81.8 cm³/mol. The SMILES string of the molecule is CCCNCc1oc2cc(C)c(C)cc2c1C(C)C. The summed E-state index contributed by atoms with van der Waals surface area (Å²) in [6.45, 7) is 12.8. The van der Waals surface area contributed by atoms with E-state index in [4.69, 9.17) is 4.42 Å². The second-order valence-electron chi connectivity index (χ2n) is 5.70. The van der Waals surface area contributed by atoms with Crippen LogP contribution >= 0.6 is 0 Å². The van der Waals surface area contributed by atoms with E-state index >= 15 is 0 Å². The van der Waals surface area contributed by atoms with Gasteiger partial charge in [0.15, 0.2) is 0 Å². The van der Waals surface area contributed by atoms with Crippen molar-refractivity contribution in [2.45, 2.75) is 53.5 Å². The van der Waals surface area contributed by atoms with E-state index in [0.29, 0.717) is 5.92 Å². The minimum Gasteiger partial charge on any atom is -0.459 e. The normalized spacial score (nSPS) is 11.7. The highest BCUT2D eigenvalue weighted by Gasteiger charge is 2.17. The molecule has 1 aromatic heterocycles. The summed E-state index contributed by atoms with van der Waals surface area (Å²) in [4.78, 5) is 0. The van der Waals surface area contributed by atoms with E-state index in [0.717, 1.165) is 30.9 Å². The summed E-state index contributed by atoms with van der Waals surface area (Å²) in [5.74, 6) is 1.59. The maximum Gasteiger partial charge on any atom is 0.134 e. The van der Waals surface area contributed by atoms with Crippen molar-refractivity contribution in [1.29, 1.82) is 0 Å². The molecular weight excluding hydrogens is 234 g/mol. The quantitative estimate of drug-likeness (QED) is 0.789. The van der Waals surface area contributed by atoms with Crippen LogP contribution in [0.25, 0.3) is 11.0 Å². The first-order valence-electron chi connectivity index (χ1n) is 7.27. The van der Waals surface area contributed by atoms with E-state index in [1.165, 1.54) is 22.1 Å². The summed E-state index contributed by atoms with van der Waals surface area (Å²) in [5.41, 5.74) is 5.02. The third kappa shape index (κ3) is 2.84. The lowest BCUT2D eigenvalue weighted by Gasteiger charge is -2.07. The highest BCUT2D eigenvalue weighted by Crippen LogP contribution is 2.33. The molecule has 104 valence electrons. The molecule has 1 heterocycles. The minimum absolute atomic E-state index is 0.488. The van der Waals surface area contributed by atoms with Crippen molar-refractivity contribution in [3.05, 3.63) is 34.6 Å². The topological polar surface area (TPSA) is 25.2 Å². The van der Waals surface area contributed by atoms with Gasteiger partial charge in [-0.15, -0.1) is 0 Å². The standard InChI is InChI=1S/C17H25NO/c1-6-7-18-10-16-17(11(2)3)14-8-12(4)13(5)9-15(14)19-16/h8-9,11,18H,6-7,10H2,1-5H3. The number of furan rings is 1. The highest BCUT2D eigenvalue weighted by molar-refractivity contribution is 5.84. The molecule has 2 heteroatoms. The molecule has 0 saturated carbocycles. The Labute approximate surface area is 116 Å². The van der Waals surface area contributed by atoms with Crippen LogP contribution in [0.1, 0.15) is 55.6 Å². The fraction of sp³-hybridized carbons (Fsp3) is 0.529. The highest BCUT2D eigenvalue weighted by atomic mass is 16.3. The first kappa shape index (κ1) is 14.1. The molecule has 0 radical (unpaired) electrons. The van der Waals surface area contributed by atoms with E-state index in [9.17, 15) is 0 Å². The van der Waals surface area contributed by atoms with Crippen molar-refractivity contribution in [3.63, 3.8) is 0 Å². The van der Waals surface area contributed by atoms with Crippen molar-refractivity contribution in [2.75, 3.05) is 6.54 Å². The van der Waals surface area contributed by atoms with Gasteiger partial charge in [0.05, 0.1) is 6.54 Å². The third-order valence-electron chi connectivity index (χ3n) is 3.71. The first-order chi connectivity index (χ1) is 9.04. The van der Waals surface area contributed by atoms with E-state index in [1.807, 2.05) is 0 Å². The van der Waals surface area contributed by atoms with Crippen LogP contribution in [-0.4, -0.2) is 6.54 Å². The second kappa shape index (κ2) is 5.79. The number of rotatable bonds is 5. The Bertz CT molecular complexity index is 566. The van der Waals surface area contributed by atoms with Crippen molar-refractivity contribution in [2.24, 2.45) is 0 Å². The molecule has 0 spiro atoms. The van der Waals surface area contributed by atoms with Gasteiger partial charge in [-0.2, -0.15) is 0 Å². The van der Waals surface area contributed by atoms with Crippen LogP contribution in [0.3, 0.4) is 0 Å². The zero-order valence-electron chi connectivity index (χ0n) is 12.8. The lowest BCUT2D eigenvalue weighted by Crippen LogP contribution is -2.14. The van der Waals surface area contributed by atoms with Crippen molar-refractivity contribution in [1.82, 2.24) is 5.32 Å². The molecule has 0 aliphatic carbocycles. The molecule has 0 atom stereocenters. The summed E-state index contributed by atoms with van der Waals surface area (Å²) < 4.78 is 6.08. The zero-order chi connectivity index (χ0) is 14.0. The summed E-state index contributed by atoms with van der Waals surface area (Å²) in [5, 5.41) is 4.73. The van der Waals surface area contributed by atoms with Crippen LogP contribution in [0, 0.1) is 13.8 Å². The summed E-state index contributed by atoms with van der Waals surface area (Å²) in [7, 11) is 0. The average Bonchev–Trinajstić information content (AvgIpc) is 2.68. The number of fused-ring (bicyclic) bond motifs is 1. The van der Waals surface area contributed by atoms with Gasteiger partial charge in [-0.05, 0) is 56.0 Å². The number of hydrogen-bond donors (Lipinski definition) is 1. The van der Waals surface area contributed by atoms with Crippen LogP contribution < -0.4 is 5.32 Å². The number of hydrogen-bond acceptors (Lipinski definition) is 2. The Hall–Kier alpha value is -1.28.